The smallest absolute Gasteiger partial charge is 0.179 e. The van der Waals surface area contributed by atoms with E-state index in [1.54, 1.807) is 6.07 Å². The molecule has 0 saturated carbocycles. The van der Waals surface area contributed by atoms with Crippen molar-refractivity contribution in [3.8, 4) is 5.75 Å². The third-order valence-corrected chi connectivity index (χ3v) is 2.58. The van der Waals surface area contributed by atoms with E-state index in [0.717, 1.165) is 15.9 Å². The molecule has 2 aromatic heterocycles. The number of nitrogens with zero attached hydrogens (tertiary/aromatic N) is 2. The average Bonchev–Trinajstić information content (AvgIpc) is 2.32. The zero-order valence-corrected chi connectivity index (χ0v) is 8.96. The van der Waals surface area contributed by atoms with Gasteiger partial charge in [0.25, 0.3) is 0 Å². The maximum absolute atomic E-state index is 9.58. The van der Waals surface area contributed by atoms with Crippen LogP contribution < -0.4 is 0 Å². The van der Waals surface area contributed by atoms with E-state index in [9.17, 15) is 5.11 Å². The molecule has 4 heteroatoms. The molecule has 2 rings (SSSR count). The van der Waals surface area contributed by atoms with Crippen molar-refractivity contribution in [2.24, 2.45) is 0 Å². The van der Waals surface area contributed by atoms with Crippen LogP contribution in [0.2, 0.25) is 0 Å². The van der Waals surface area contributed by atoms with Gasteiger partial charge in [0.05, 0.1) is 5.69 Å². The molecule has 0 spiro atoms. The fourth-order valence-electron chi connectivity index (χ4n) is 1.32. The molecule has 68 valence electrons. The number of aromatic hydroxyl groups is 1. The first-order chi connectivity index (χ1) is 6.09. The van der Waals surface area contributed by atoms with Crippen molar-refractivity contribution < 1.29 is 5.11 Å². The lowest BCUT2D eigenvalue weighted by molar-refractivity contribution is 0.477. The third-order valence-electron chi connectivity index (χ3n) is 2.14. The highest BCUT2D eigenvalue weighted by molar-refractivity contribution is 9.10. The van der Waals surface area contributed by atoms with Gasteiger partial charge in [-0.15, -0.1) is 0 Å². The Balaban J connectivity index is 2.94. The molecule has 0 unspecified atom stereocenters. The first-order valence-electron chi connectivity index (χ1n) is 3.93. The molecule has 0 bridgehead atoms. The van der Waals surface area contributed by atoms with Crippen molar-refractivity contribution in [2.75, 3.05) is 0 Å². The highest BCUT2D eigenvalue weighted by atomic mass is 79.9. The van der Waals surface area contributed by atoms with E-state index in [1.807, 2.05) is 24.4 Å². The Hall–Kier alpha value is -1.03. The van der Waals surface area contributed by atoms with Crippen molar-refractivity contribution in [1.82, 2.24) is 9.38 Å². The fourth-order valence-corrected chi connectivity index (χ4v) is 1.74. The minimum Gasteiger partial charge on any atom is -0.504 e. The summed E-state index contributed by atoms with van der Waals surface area (Å²) in [6.45, 7) is 3.90. The number of rotatable bonds is 0. The quantitative estimate of drug-likeness (QED) is 0.769. The molecular weight excluding hydrogens is 232 g/mol. The van der Waals surface area contributed by atoms with Gasteiger partial charge in [0.15, 0.2) is 11.4 Å². The van der Waals surface area contributed by atoms with Gasteiger partial charge in [-0.3, -0.25) is 4.40 Å². The molecule has 1 N–H and O–H groups in total. The largest absolute Gasteiger partial charge is 0.504 e. The number of imidazole rings is 1. The summed E-state index contributed by atoms with van der Waals surface area (Å²) in [7, 11) is 0. The van der Waals surface area contributed by atoms with Crippen LogP contribution in [0.3, 0.4) is 0 Å². The van der Waals surface area contributed by atoms with Crippen LogP contribution in [0, 0.1) is 13.8 Å². The number of aromatic nitrogens is 2. The lowest BCUT2D eigenvalue weighted by Gasteiger charge is -1.99. The van der Waals surface area contributed by atoms with Gasteiger partial charge in [-0.05, 0) is 35.8 Å². The number of halogens is 1. The molecule has 0 fully saturated rings. The van der Waals surface area contributed by atoms with E-state index in [2.05, 4.69) is 20.9 Å². The summed E-state index contributed by atoms with van der Waals surface area (Å²) in [5, 5.41) is 9.58. The molecule has 0 radical (unpaired) electrons. The highest BCUT2D eigenvalue weighted by Gasteiger charge is 2.08. The maximum atomic E-state index is 9.58. The molecule has 0 aliphatic rings. The van der Waals surface area contributed by atoms with Crippen molar-refractivity contribution in [2.45, 2.75) is 13.8 Å². The minimum atomic E-state index is 0.200. The van der Waals surface area contributed by atoms with E-state index in [1.165, 1.54) is 0 Å². The van der Waals surface area contributed by atoms with Crippen LogP contribution >= 0.6 is 15.9 Å². The SMILES string of the molecule is Cc1nc2c(O)cc(Br)cn2c1C. The van der Waals surface area contributed by atoms with Crippen LogP contribution in [-0.4, -0.2) is 14.5 Å². The van der Waals surface area contributed by atoms with Gasteiger partial charge in [-0.2, -0.15) is 0 Å². The second-order valence-corrected chi connectivity index (χ2v) is 3.94. The predicted molar refractivity (Wildman–Crippen MR) is 54.0 cm³/mol. The number of hydrogen-bond donors (Lipinski definition) is 1. The fraction of sp³-hybridized carbons (Fsp3) is 0.222. The zero-order valence-electron chi connectivity index (χ0n) is 7.37. The Morgan fingerprint density at radius 1 is 1.46 bits per heavy atom. The standard InChI is InChI=1S/C9H9BrN2O/c1-5-6(2)12-4-7(10)3-8(13)9(12)11-5/h3-4,13H,1-2H3. The summed E-state index contributed by atoms with van der Waals surface area (Å²) in [6.07, 6.45) is 1.89. The Kier molecular flexibility index (Phi) is 1.80. The van der Waals surface area contributed by atoms with Crippen LogP contribution in [-0.2, 0) is 0 Å². The van der Waals surface area contributed by atoms with Crippen molar-refractivity contribution in [3.63, 3.8) is 0 Å². The lowest BCUT2D eigenvalue weighted by Crippen LogP contribution is -1.87. The average molecular weight is 241 g/mol. The van der Waals surface area contributed by atoms with E-state index >= 15 is 0 Å². The number of aryl methyl sites for hydroxylation is 2. The zero-order chi connectivity index (χ0) is 9.59. The molecule has 3 nitrogen and oxygen atoms in total. The Labute approximate surface area is 84.2 Å². The van der Waals surface area contributed by atoms with Gasteiger partial charge < -0.3 is 5.11 Å². The van der Waals surface area contributed by atoms with E-state index < -0.39 is 0 Å². The molecule has 0 saturated heterocycles. The van der Waals surface area contributed by atoms with Gasteiger partial charge in [-0.25, -0.2) is 4.98 Å². The number of hydrogen-bond acceptors (Lipinski definition) is 2. The van der Waals surface area contributed by atoms with E-state index in [0.29, 0.717) is 5.65 Å². The first kappa shape index (κ1) is 8.56. The van der Waals surface area contributed by atoms with Crippen molar-refractivity contribution in [1.29, 1.82) is 0 Å². The Morgan fingerprint density at radius 2 is 2.15 bits per heavy atom. The first-order valence-corrected chi connectivity index (χ1v) is 4.72. The Morgan fingerprint density at radius 3 is 2.85 bits per heavy atom. The van der Waals surface area contributed by atoms with Crippen LogP contribution in [0.25, 0.3) is 5.65 Å². The lowest BCUT2D eigenvalue weighted by atomic mass is 10.4. The molecule has 0 atom stereocenters. The van der Waals surface area contributed by atoms with Gasteiger partial charge in [0.2, 0.25) is 0 Å². The van der Waals surface area contributed by atoms with Crippen LogP contribution in [0.4, 0.5) is 0 Å². The van der Waals surface area contributed by atoms with E-state index in [4.69, 9.17) is 0 Å². The normalized spacial score (nSPS) is 11.0. The summed E-state index contributed by atoms with van der Waals surface area (Å²) in [5.41, 5.74) is 2.60. The number of fused-ring (bicyclic) bond motifs is 1. The predicted octanol–water partition coefficient (Wildman–Crippen LogP) is 2.42. The van der Waals surface area contributed by atoms with Crippen LogP contribution in [0.15, 0.2) is 16.7 Å². The molecule has 2 heterocycles. The van der Waals surface area contributed by atoms with Crippen LogP contribution in [0.5, 0.6) is 5.75 Å². The van der Waals surface area contributed by atoms with Crippen molar-refractivity contribution in [3.05, 3.63) is 28.1 Å². The summed E-state index contributed by atoms with van der Waals surface area (Å²) < 4.78 is 2.72. The van der Waals surface area contributed by atoms with Gasteiger partial charge >= 0.3 is 0 Å². The topological polar surface area (TPSA) is 37.5 Å². The molecule has 0 amide bonds. The molecule has 0 aromatic carbocycles. The summed E-state index contributed by atoms with van der Waals surface area (Å²) in [6, 6.07) is 1.64. The molecule has 0 aliphatic carbocycles. The molecule has 0 aliphatic heterocycles. The number of pyridine rings is 1. The summed E-state index contributed by atoms with van der Waals surface area (Å²) in [4.78, 5) is 4.25. The van der Waals surface area contributed by atoms with E-state index in [-0.39, 0.29) is 5.75 Å². The molecule has 2 aromatic rings. The second-order valence-electron chi connectivity index (χ2n) is 3.02. The molecular formula is C9H9BrN2O. The monoisotopic (exact) mass is 240 g/mol. The van der Waals surface area contributed by atoms with Crippen LogP contribution in [0.1, 0.15) is 11.4 Å². The molecule has 13 heavy (non-hydrogen) atoms. The summed E-state index contributed by atoms with van der Waals surface area (Å²) in [5.74, 6) is 0.200. The minimum absolute atomic E-state index is 0.200. The van der Waals surface area contributed by atoms with Gasteiger partial charge in [0.1, 0.15) is 0 Å². The van der Waals surface area contributed by atoms with Crippen molar-refractivity contribution >= 4 is 21.6 Å². The maximum Gasteiger partial charge on any atom is 0.179 e. The van der Waals surface area contributed by atoms with Gasteiger partial charge in [0, 0.05) is 16.4 Å². The Bertz CT molecular complexity index is 476. The second kappa shape index (κ2) is 2.73. The third kappa shape index (κ3) is 1.21. The summed E-state index contributed by atoms with van der Waals surface area (Å²) >= 11 is 3.32. The van der Waals surface area contributed by atoms with Gasteiger partial charge in [-0.1, -0.05) is 0 Å². The highest BCUT2D eigenvalue weighted by Crippen LogP contribution is 2.24.